The van der Waals surface area contributed by atoms with E-state index in [0.29, 0.717) is 6.54 Å². The van der Waals surface area contributed by atoms with Gasteiger partial charge in [0.15, 0.2) is 0 Å². The van der Waals surface area contributed by atoms with E-state index in [1.165, 1.54) is 4.90 Å². The van der Waals surface area contributed by atoms with Crippen LogP contribution >= 0.6 is 0 Å². The molecule has 0 bridgehead atoms. The maximum absolute atomic E-state index is 12.4. The lowest BCUT2D eigenvalue weighted by Crippen LogP contribution is -2.51. The molecule has 2 amide bonds. The van der Waals surface area contributed by atoms with Crippen molar-refractivity contribution in [3.63, 3.8) is 0 Å². The van der Waals surface area contributed by atoms with Crippen LogP contribution in [0.2, 0.25) is 0 Å². The van der Waals surface area contributed by atoms with E-state index in [1.807, 2.05) is 0 Å². The standard InChI is InChI=1S/C12H20N2O5/c1-13(10-7-19-6-9(10)11(16)17)12(18)14-4-2-3-8(14)5-15/h8-10,15H,2-7H2,1H3,(H,16,17). The molecule has 3 unspecified atom stereocenters. The Morgan fingerprint density at radius 1 is 1.42 bits per heavy atom. The van der Waals surface area contributed by atoms with Gasteiger partial charge in [0.25, 0.3) is 0 Å². The molecule has 0 saturated carbocycles. The van der Waals surface area contributed by atoms with Gasteiger partial charge < -0.3 is 24.7 Å². The van der Waals surface area contributed by atoms with Crippen molar-refractivity contribution in [2.75, 3.05) is 33.4 Å². The van der Waals surface area contributed by atoms with Crippen molar-refractivity contribution in [3.8, 4) is 0 Å². The second kappa shape index (κ2) is 5.75. The van der Waals surface area contributed by atoms with Crippen LogP contribution in [0.15, 0.2) is 0 Å². The molecule has 3 atom stereocenters. The minimum absolute atomic E-state index is 0.0525. The monoisotopic (exact) mass is 272 g/mol. The van der Waals surface area contributed by atoms with E-state index >= 15 is 0 Å². The molecular weight excluding hydrogens is 252 g/mol. The van der Waals surface area contributed by atoms with Gasteiger partial charge in [0.2, 0.25) is 0 Å². The molecule has 2 saturated heterocycles. The average Bonchev–Trinajstić information content (AvgIpc) is 3.04. The number of carbonyl (C=O) groups is 2. The summed E-state index contributed by atoms with van der Waals surface area (Å²) < 4.78 is 5.18. The number of aliphatic hydroxyl groups excluding tert-OH is 1. The maximum atomic E-state index is 12.4. The Labute approximate surface area is 111 Å². The summed E-state index contributed by atoms with van der Waals surface area (Å²) in [6, 6.07) is -0.816. The average molecular weight is 272 g/mol. The summed E-state index contributed by atoms with van der Waals surface area (Å²) in [5, 5.41) is 18.3. The highest BCUT2D eigenvalue weighted by Gasteiger charge is 2.41. The van der Waals surface area contributed by atoms with Crippen LogP contribution in [-0.4, -0.2) is 77.5 Å². The number of rotatable bonds is 3. The van der Waals surface area contributed by atoms with Crippen LogP contribution in [0.3, 0.4) is 0 Å². The first-order valence-electron chi connectivity index (χ1n) is 6.51. The third-order valence-electron chi connectivity index (χ3n) is 4.00. The van der Waals surface area contributed by atoms with Gasteiger partial charge in [0.1, 0.15) is 5.92 Å². The lowest BCUT2D eigenvalue weighted by molar-refractivity contribution is -0.142. The predicted octanol–water partition coefficient (Wildman–Crippen LogP) is -0.405. The van der Waals surface area contributed by atoms with Crippen molar-refractivity contribution in [2.45, 2.75) is 24.9 Å². The Morgan fingerprint density at radius 3 is 2.79 bits per heavy atom. The molecular formula is C12H20N2O5. The number of likely N-dealkylation sites (N-methyl/N-ethyl adjacent to an activating group) is 1. The van der Waals surface area contributed by atoms with Crippen LogP contribution in [0.1, 0.15) is 12.8 Å². The molecule has 2 N–H and O–H groups in total. The molecule has 108 valence electrons. The predicted molar refractivity (Wildman–Crippen MR) is 65.7 cm³/mol. The summed E-state index contributed by atoms with van der Waals surface area (Å²) in [6.45, 7) is 0.945. The summed E-state index contributed by atoms with van der Waals surface area (Å²) in [4.78, 5) is 26.5. The minimum Gasteiger partial charge on any atom is -0.481 e. The highest BCUT2D eigenvalue weighted by atomic mass is 16.5. The molecule has 7 nitrogen and oxygen atoms in total. The number of amides is 2. The van der Waals surface area contributed by atoms with Crippen LogP contribution in [0.4, 0.5) is 4.79 Å². The van der Waals surface area contributed by atoms with E-state index in [-0.39, 0.29) is 31.9 Å². The molecule has 0 aliphatic carbocycles. The fourth-order valence-electron chi connectivity index (χ4n) is 2.78. The Morgan fingerprint density at radius 2 is 2.16 bits per heavy atom. The third-order valence-corrected chi connectivity index (χ3v) is 4.00. The number of carbonyl (C=O) groups excluding carboxylic acids is 1. The van der Waals surface area contributed by atoms with Crippen LogP contribution in [0.25, 0.3) is 0 Å². The number of ether oxygens (including phenoxy) is 1. The molecule has 0 radical (unpaired) electrons. The molecule has 0 aromatic heterocycles. The maximum Gasteiger partial charge on any atom is 0.320 e. The van der Waals surface area contributed by atoms with Gasteiger partial charge in [-0.15, -0.1) is 0 Å². The molecule has 7 heteroatoms. The molecule has 0 aromatic rings. The van der Waals surface area contributed by atoms with Gasteiger partial charge in [0.05, 0.1) is 31.9 Å². The zero-order valence-electron chi connectivity index (χ0n) is 11.0. The zero-order chi connectivity index (χ0) is 14.0. The van der Waals surface area contributed by atoms with Crippen LogP contribution in [-0.2, 0) is 9.53 Å². The summed E-state index contributed by atoms with van der Waals surface area (Å²) >= 11 is 0. The fourth-order valence-corrected chi connectivity index (χ4v) is 2.78. The fraction of sp³-hybridized carbons (Fsp3) is 0.833. The largest absolute Gasteiger partial charge is 0.481 e. The second-order valence-corrected chi connectivity index (χ2v) is 5.12. The van der Waals surface area contributed by atoms with Crippen molar-refractivity contribution < 1.29 is 24.5 Å². The lowest BCUT2D eigenvalue weighted by atomic mass is 10.0. The minimum atomic E-state index is -0.942. The molecule has 19 heavy (non-hydrogen) atoms. The molecule has 2 heterocycles. The van der Waals surface area contributed by atoms with Gasteiger partial charge >= 0.3 is 12.0 Å². The summed E-state index contributed by atoms with van der Waals surface area (Å²) in [5.74, 6) is -1.62. The van der Waals surface area contributed by atoms with Gasteiger partial charge in [-0.05, 0) is 12.8 Å². The molecule has 2 aliphatic rings. The van der Waals surface area contributed by atoms with E-state index in [9.17, 15) is 14.7 Å². The van der Waals surface area contributed by atoms with Crippen molar-refractivity contribution in [1.82, 2.24) is 9.80 Å². The van der Waals surface area contributed by atoms with Gasteiger partial charge in [-0.3, -0.25) is 4.79 Å². The molecule has 0 aromatic carbocycles. The SMILES string of the molecule is CN(C(=O)N1CCCC1CO)C1COCC1C(=O)O. The van der Waals surface area contributed by atoms with Crippen LogP contribution in [0.5, 0.6) is 0 Å². The van der Waals surface area contributed by atoms with Gasteiger partial charge in [-0.2, -0.15) is 0 Å². The number of carboxylic acids is 1. The van der Waals surface area contributed by atoms with Gasteiger partial charge in [0, 0.05) is 13.6 Å². The van der Waals surface area contributed by atoms with E-state index in [0.717, 1.165) is 12.8 Å². The number of likely N-dealkylation sites (tertiary alicyclic amines) is 1. The van der Waals surface area contributed by atoms with Gasteiger partial charge in [-0.1, -0.05) is 0 Å². The van der Waals surface area contributed by atoms with E-state index < -0.39 is 17.9 Å². The quantitative estimate of drug-likeness (QED) is 0.729. The first-order valence-corrected chi connectivity index (χ1v) is 6.51. The lowest BCUT2D eigenvalue weighted by Gasteiger charge is -2.33. The summed E-state index contributed by atoms with van der Waals surface area (Å²) in [7, 11) is 1.60. The summed E-state index contributed by atoms with van der Waals surface area (Å²) in [5.41, 5.74) is 0. The first-order chi connectivity index (χ1) is 9.06. The van der Waals surface area contributed by atoms with Gasteiger partial charge in [-0.25, -0.2) is 4.79 Å². The van der Waals surface area contributed by atoms with Crippen LogP contribution in [0, 0.1) is 5.92 Å². The van der Waals surface area contributed by atoms with E-state index in [1.54, 1.807) is 11.9 Å². The summed E-state index contributed by atoms with van der Waals surface area (Å²) in [6.07, 6.45) is 1.66. The van der Waals surface area contributed by atoms with Crippen molar-refractivity contribution in [3.05, 3.63) is 0 Å². The Kier molecular flexibility index (Phi) is 4.26. The van der Waals surface area contributed by atoms with Crippen molar-refractivity contribution in [1.29, 1.82) is 0 Å². The number of hydrogen-bond donors (Lipinski definition) is 2. The van der Waals surface area contributed by atoms with Crippen molar-refractivity contribution in [2.24, 2.45) is 5.92 Å². The molecule has 2 fully saturated rings. The number of aliphatic hydroxyl groups is 1. The highest BCUT2D eigenvalue weighted by Crippen LogP contribution is 2.23. The number of nitrogens with zero attached hydrogens (tertiary/aromatic N) is 2. The number of aliphatic carboxylic acids is 1. The zero-order valence-corrected chi connectivity index (χ0v) is 11.0. The normalized spacial score (nSPS) is 30.6. The number of carboxylic acid groups (broad SMARTS) is 1. The Bertz CT molecular complexity index is 362. The first kappa shape index (κ1) is 14.1. The smallest absolute Gasteiger partial charge is 0.320 e. The van der Waals surface area contributed by atoms with Crippen LogP contribution < -0.4 is 0 Å². The van der Waals surface area contributed by atoms with Crippen molar-refractivity contribution >= 4 is 12.0 Å². The highest BCUT2D eigenvalue weighted by molar-refractivity contribution is 5.77. The Hall–Kier alpha value is -1.34. The number of hydrogen-bond acceptors (Lipinski definition) is 4. The van der Waals surface area contributed by atoms with E-state index in [4.69, 9.17) is 9.84 Å². The number of urea groups is 1. The third kappa shape index (κ3) is 2.66. The molecule has 0 spiro atoms. The molecule has 2 aliphatic heterocycles. The molecule has 2 rings (SSSR count). The second-order valence-electron chi connectivity index (χ2n) is 5.12. The van der Waals surface area contributed by atoms with E-state index in [2.05, 4.69) is 0 Å². The topological polar surface area (TPSA) is 90.3 Å². The Balaban J connectivity index is 2.04.